The lowest BCUT2D eigenvalue weighted by Gasteiger charge is -2.38. The predicted molar refractivity (Wildman–Crippen MR) is 146 cm³/mol. The number of carbonyl (C=O) groups excluding carboxylic acids is 3. The smallest absolute Gasteiger partial charge is 0.246 e. The van der Waals surface area contributed by atoms with E-state index in [-0.39, 0.29) is 35.8 Å². The topological polar surface area (TPSA) is 108 Å². The van der Waals surface area contributed by atoms with Crippen molar-refractivity contribution in [2.45, 2.75) is 103 Å². The molecule has 5 atom stereocenters. The van der Waals surface area contributed by atoms with Gasteiger partial charge in [0.1, 0.15) is 11.6 Å². The summed E-state index contributed by atoms with van der Waals surface area (Å²) >= 11 is 0. The van der Waals surface area contributed by atoms with Crippen LogP contribution in [0, 0.1) is 17.3 Å². The van der Waals surface area contributed by atoms with Crippen LogP contribution in [0.15, 0.2) is 30.3 Å². The van der Waals surface area contributed by atoms with Crippen LogP contribution in [0.5, 0.6) is 0 Å². The second kappa shape index (κ2) is 11.0. The van der Waals surface area contributed by atoms with Crippen molar-refractivity contribution in [2.24, 2.45) is 17.3 Å². The van der Waals surface area contributed by atoms with Gasteiger partial charge in [0.15, 0.2) is 0 Å². The third-order valence-corrected chi connectivity index (χ3v) is 8.13. The number of unbranched alkanes of at least 4 members (excludes halogenated alkanes) is 3. The summed E-state index contributed by atoms with van der Waals surface area (Å²) in [5, 5.41) is 15.3. The summed E-state index contributed by atoms with van der Waals surface area (Å²) in [5.74, 6) is -1.89. The number of anilines is 1. The molecule has 0 aromatic heterocycles. The van der Waals surface area contributed by atoms with Crippen molar-refractivity contribution < 1.29 is 24.2 Å². The van der Waals surface area contributed by atoms with Crippen molar-refractivity contribution >= 4 is 23.4 Å². The molecule has 8 nitrogen and oxygen atoms in total. The molecule has 210 valence electrons. The van der Waals surface area contributed by atoms with Gasteiger partial charge in [-0.3, -0.25) is 14.4 Å². The summed E-state index contributed by atoms with van der Waals surface area (Å²) in [5.41, 5.74) is -0.773. The number of hydrogen-bond acceptors (Lipinski definition) is 5. The normalized spacial score (nSPS) is 28.5. The Balaban J connectivity index is 1.60. The molecule has 0 radical (unpaired) electrons. The molecule has 3 aliphatic rings. The molecule has 1 aromatic rings. The van der Waals surface area contributed by atoms with Crippen molar-refractivity contribution in [3.63, 3.8) is 0 Å². The molecule has 1 spiro atoms. The predicted octanol–water partition coefficient (Wildman–Crippen LogP) is 3.88. The number of fused-ring (bicyclic) bond motifs is 1. The summed E-state index contributed by atoms with van der Waals surface area (Å²) in [6, 6.07) is 8.47. The van der Waals surface area contributed by atoms with Crippen LogP contribution in [0.3, 0.4) is 0 Å². The monoisotopic (exact) mass is 527 g/mol. The Hall–Kier alpha value is -2.45. The number of amides is 3. The van der Waals surface area contributed by atoms with Gasteiger partial charge in [0, 0.05) is 24.4 Å². The highest BCUT2D eigenvalue weighted by molar-refractivity contribution is 6.02. The third-order valence-electron chi connectivity index (χ3n) is 8.13. The average Bonchev–Trinajstić information content (AvgIpc) is 3.45. The van der Waals surface area contributed by atoms with Gasteiger partial charge in [-0.25, -0.2) is 0 Å². The minimum absolute atomic E-state index is 0.0123. The van der Waals surface area contributed by atoms with Crippen LogP contribution in [0.4, 0.5) is 5.69 Å². The first kappa shape index (κ1) is 28.6. The van der Waals surface area contributed by atoms with E-state index in [0.717, 1.165) is 32.1 Å². The first-order valence-corrected chi connectivity index (χ1v) is 14.2. The quantitative estimate of drug-likeness (QED) is 0.379. The first-order valence-electron chi connectivity index (χ1n) is 14.2. The fourth-order valence-electron chi connectivity index (χ4n) is 7.26. The zero-order chi connectivity index (χ0) is 27.7. The highest BCUT2D eigenvalue weighted by Gasteiger charge is 2.74. The number of aliphatic hydroxyl groups is 1. The van der Waals surface area contributed by atoms with E-state index in [2.05, 4.69) is 31.4 Å². The summed E-state index contributed by atoms with van der Waals surface area (Å²) in [6.45, 7) is 11.0. The van der Waals surface area contributed by atoms with E-state index < -0.39 is 29.0 Å². The van der Waals surface area contributed by atoms with Gasteiger partial charge < -0.3 is 25.4 Å². The number of likely N-dealkylation sites (tertiary alicyclic amines) is 1. The summed E-state index contributed by atoms with van der Waals surface area (Å²) in [4.78, 5) is 43.2. The number of ether oxygens (including phenoxy) is 1. The lowest BCUT2D eigenvalue weighted by atomic mass is 9.70. The largest absolute Gasteiger partial charge is 0.396 e. The van der Waals surface area contributed by atoms with Crippen LogP contribution < -0.4 is 10.6 Å². The molecule has 0 saturated carbocycles. The number of carbonyl (C=O) groups is 3. The van der Waals surface area contributed by atoms with E-state index in [9.17, 15) is 14.4 Å². The average molecular weight is 528 g/mol. The Kier molecular flexibility index (Phi) is 8.24. The molecule has 3 fully saturated rings. The van der Waals surface area contributed by atoms with Crippen LogP contribution >= 0.6 is 0 Å². The minimum Gasteiger partial charge on any atom is -0.396 e. The summed E-state index contributed by atoms with van der Waals surface area (Å²) in [7, 11) is 0. The Labute approximate surface area is 226 Å². The highest BCUT2D eigenvalue weighted by atomic mass is 16.5. The SMILES string of the molecule is CC(C)(C)CC(C)(C)NC(=O)C1N(CCCCCCO)C(=O)[C@@H]2[C@H](C(=O)Nc3ccccc3)[C@@H]3CCC12O3. The molecule has 2 bridgehead atoms. The molecule has 3 N–H and O–H groups in total. The fourth-order valence-corrected chi connectivity index (χ4v) is 7.26. The van der Waals surface area contributed by atoms with Crippen LogP contribution in [0.1, 0.15) is 79.6 Å². The number of nitrogens with zero attached hydrogens (tertiary/aromatic N) is 1. The van der Waals surface area contributed by atoms with E-state index in [1.807, 2.05) is 44.2 Å². The lowest BCUT2D eigenvalue weighted by Crippen LogP contribution is -2.59. The Bertz CT molecular complexity index is 1020. The van der Waals surface area contributed by atoms with Crippen LogP contribution in [-0.4, -0.2) is 64.2 Å². The van der Waals surface area contributed by atoms with Gasteiger partial charge in [0.05, 0.1) is 17.9 Å². The van der Waals surface area contributed by atoms with Crippen molar-refractivity contribution in [3.05, 3.63) is 30.3 Å². The summed E-state index contributed by atoms with van der Waals surface area (Å²) in [6.07, 6.45) is 4.80. The minimum atomic E-state index is -0.993. The van der Waals surface area contributed by atoms with Gasteiger partial charge in [-0.1, -0.05) is 51.8 Å². The number of nitrogens with one attached hydrogen (secondary N) is 2. The molecule has 0 aliphatic carbocycles. The van der Waals surface area contributed by atoms with E-state index in [4.69, 9.17) is 9.84 Å². The molecule has 3 heterocycles. The maximum atomic E-state index is 14.0. The second-order valence-corrected chi connectivity index (χ2v) is 13.2. The molecule has 3 saturated heterocycles. The number of para-hydroxylation sites is 1. The third kappa shape index (κ3) is 5.76. The van der Waals surface area contributed by atoms with Crippen LogP contribution in [-0.2, 0) is 19.1 Å². The molecule has 3 aliphatic heterocycles. The summed E-state index contributed by atoms with van der Waals surface area (Å²) < 4.78 is 6.53. The van der Waals surface area contributed by atoms with Crippen molar-refractivity contribution in [1.29, 1.82) is 0 Å². The van der Waals surface area contributed by atoms with Gasteiger partial charge in [-0.15, -0.1) is 0 Å². The number of hydrogen-bond donors (Lipinski definition) is 3. The molecule has 3 amide bonds. The highest BCUT2D eigenvalue weighted by Crippen LogP contribution is 2.58. The van der Waals surface area contributed by atoms with Gasteiger partial charge in [-0.05, 0) is 63.5 Å². The van der Waals surface area contributed by atoms with Gasteiger partial charge in [-0.2, -0.15) is 0 Å². The zero-order valence-electron chi connectivity index (χ0n) is 23.6. The van der Waals surface area contributed by atoms with Gasteiger partial charge in [0.2, 0.25) is 17.7 Å². The lowest BCUT2D eigenvalue weighted by molar-refractivity contribution is -0.142. The Morgan fingerprint density at radius 1 is 1.05 bits per heavy atom. The molecule has 38 heavy (non-hydrogen) atoms. The van der Waals surface area contributed by atoms with E-state index in [1.54, 1.807) is 4.90 Å². The van der Waals surface area contributed by atoms with Crippen molar-refractivity contribution in [3.8, 4) is 0 Å². The van der Waals surface area contributed by atoms with Crippen LogP contribution in [0.25, 0.3) is 0 Å². The number of rotatable bonds is 11. The maximum absolute atomic E-state index is 14.0. The second-order valence-electron chi connectivity index (χ2n) is 13.2. The van der Waals surface area contributed by atoms with Gasteiger partial charge >= 0.3 is 0 Å². The Morgan fingerprint density at radius 2 is 1.74 bits per heavy atom. The van der Waals surface area contributed by atoms with Gasteiger partial charge in [0.25, 0.3) is 0 Å². The van der Waals surface area contributed by atoms with E-state index in [1.165, 1.54) is 0 Å². The van der Waals surface area contributed by atoms with Crippen molar-refractivity contribution in [1.82, 2.24) is 10.2 Å². The van der Waals surface area contributed by atoms with Crippen LogP contribution in [0.2, 0.25) is 0 Å². The first-order chi connectivity index (χ1) is 17.9. The molecule has 1 aromatic carbocycles. The molecular weight excluding hydrogens is 482 g/mol. The fraction of sp³-hybridized carbons (Fsp3) is 0.700. The maximum Gasteiger partial charge on any atom is 0.246 e. The number of benzene rings is 1. The molecule has 8 heteroatoms. The molecular formula is C30H45N3O5. The van der Waals surface area contributed by atoms with Crippen molar-refractivity contribution in [2.75, 3.05) is 18.5 Å². The van der Waals surface area contributed by atoms with E-state index in [0.29, 0.717) is 25.1 Å². The molecule has 4 rings (SSSR count). The number of aliphatic hydroxyl groups excluding tert-OH is 1. The van der Waals surface area contributed by atoms with E-state index >= 15 is 0 Å². The zero-order valence-corrected chi connectivity index (χ0v) is 23.6. The standard InChI is InChI=1S/C30H45N3O5/c1-28(2,3)19-29(4,5)32-26(36)24-30-16-15-21(38-30)22(25(35)31-20-13-9-8-10-14-20)23(30)27(37)33(24)17-11-6-7-12-18-34/h8-10,13-14,21-24,34H,6-7,11-12,15-19H2,1-5H3,(H,31,35)(H,32,36)/t21-,22+,23-,24?,30?/m0/s1. The Morgan fingerprint density at radius 3 is 2.39 bits per heavy atom. The molecule has 2 unspecified atom stereocenters.